The number of rotatable bonds is 5. The van der Waals surface area contributed by atoms with Gasteiger partial charge in [0.25, 0.3) is 0 Å². The van der Waals surface area contributed by atoms with E-state index >= 15 is 0 Å². The maximum Gasteiger partial charge on any atom is 0.339 e. The zero-order valence-corrected chi connectivity index (χ0v) is 14.0. The number of hydrogen-bond acceptors (Lipinski definition) is 6. The summed E-state index contributed by atoms with van der Waals surface area (Å²) < 4.78 is 4.82. The molecule has 3 rings (SSSR count). The Labute approximate surface area is 145 Å². The Bertz CT molecular complexity index is 882. The lowest BCUT2D eigenvalue weighted by Gasteiger charge is -2.12. The molecule has 25 heavy (non-hydrogen) atoms. The summed E-state index contributed by atoms with van der Waals surface area (Å²) in [5, 5.41) is 6.40. The molecule has 0 aliphatic heterocycles. The van der Waals surface area contributed by atoms with Gasteiger partial charge in [0.05, 0.1) is 18.4 Å². The zero-order valence-electron chi connectivity index (χ0n) is 14.0. The lowest BCUT2D eigenvalue weighted by molar-refractivity contribution is 0.0602. The summed E-state index contributed by atoms with van der Waals surface area (Å²) in [6.07, 6.45) is 0. The van der Waals surface area contributed by atoms with E-state index in [4.69, 9.17) is 4.74 Å². The highest BCUT2D eigenvalue weighted by Gasteiger charge is 2.12. The van der Waals surface area contributed by atoms with Crippen LogP contribution in [0, 0.1) is 6.92 Å². The first-order chi connectivity index (χ1) is 12.2. The maximum absolute atomic E-state index is 11.9. The molecular weight excluding hydrogens is 316 g/mol. The van der Waals surface area contributed by atoms with Crippen LogP contribution in [0.1, 0.15) is 16.2 Å². The van der Waals surface area contributed by atoms with Gasteiger partial charge in [0.1, 0.15) is 17.5 Å². The number of aromatic nitrogens is 2. The fourth-order valence-electron chi connectivity index (χ4n) is 2.38. The first kappa shape index (κ1) is 16.4. The number of nitrogens with zero attached hydrogens (tertiary/aromatic N) is 2. The number of methoxy groups -OCH3 is 1. The first-order valence-electron chi connectivity index (χ1n) is 7.78. The van der Waals surface area contributed by atoms with Crippen molar-refractivity contribution >= 4 is 29.0 Å². The fraction of sp³-hybridized carbons (Fsp3) is 0.105. The monoisotopic (exact) mass is 334 g/mol. The number of aryl methyl sites for hydroxylation is 1. The molecule has 1 heterocycles. The SMILES string of the molecule is COC(=O)c1ccccc1Nc1cc(Nc2ccccc2)nc(C)n1. The Morgan fingerprint density at radius 2 is 1.56 bits per heavy atom. The second-order valence-corrected chi connectivity index (χ2v) is 5.34. The number of para-hydroxylation sites is 2. The smallest absolute Gasteiger partial charge is 0.339 e. The van der Waals surface area contributed by atoms with Gasteiger partial charge < -0.3 is 15.4 Å². The third kappa shape index (κ3) is 4.11. The van der Waals surface area contributed by atoms with E-state index in [1.807, 2.05) is 43.3 Å². The summed E-state index contributed by atoms with van der Waals surface area (Å²) in [7, 11) is 1.36. The van der Waals surface area contributed by atoms with Crippen molar-refractivity contribution in [3.05, 3.63) is 72.1 Å². The van der Waals surface area contributed by atoms with Crippen LogP contribution in [0.4, 0.5) is 23.0 Å². The highest BCUT2D eigenvalue weighted by molar-refractivity contribution is 5.96. The average Bonchev–Trinajstić information content (AvgIpc) is 2.62. The molecule has 6 nitrogen and oxygen atoms in total. The van der Waals surface area contributed by atoms with Gasteiger partial charge in [-0.2, -0.15) is 0 Å². The summed E-state index contributed by atoms with van der Waals surface area (Å²) in [6, 6.07) is 18.7. The van der Waals surface area contributed by atoms with Crippen molar-refractivity contribution in [3.63, 3.8) is 0 Å². The van der Waals surface area contributed by atoms with Gasteiger partial charge in [-0.1, -0.05) is 30.3 Å². The summed E-state index contributed by atoms with van der Waals surface area (Å²) >= 11 is 0. The predicted octanol–water partition coefficient (Wildman–Crippen LogP) is 4.06. The topological polar surface area (TPSA) is 76.1 Å². The number of hydrogen-bond donors (Lipinski definition) is 2. The first-order valence-corrected chi connectivity index (χ1v) is 7.78. The molecule has 1 aromatic heterocycles. The van der Waals surface area contributed by atoms with E-state index in [-0.39, 0.29) is 0 Å². The Morgan fingerprint density at radius 3 is 2.28 bits per heavy atom. The van der Waals surface area contributed by atoms with Gasteiger partial charge in [-0.3, -0.25) is 0 Å². The highest BCUT2D eigenvalue weighted by atomic mass is 16.5. The molecule has 0 saturated carbocycles. The second-order valence-electron chi connectivity index (χ2n) is 5.34. The van der Waals surface area contributed by atoms with Crippen molar-refractivity contribution in [2.75, 3.05) is 17.7 Å². The number of nitrogens with one attached hydrogen (secondary N) is 2. The molecule has 0 aliphatic carbocycles. The van der Waals surface area contributed by atoms with Crippen LogP contribution in [0.5, 0.6) is 0 Å². The Hall–Kier alpha value is -3.41. The van der Waals surface area contributed by atoms with E-state index < -0.39 is 5.97 Å². The number of ether oxygens (including phenoxy) is 1. The van der Waals surface area contributed by atoms with Crippen molar-refractivity contribution in [1.82, 2.24) is 9.97 Å². The summed E-state index contributed by atoms with van der Waals surface area (Å²) in [6.45, 7) is 1.81. The number of carbonyl (C=O) groups is 1. The van der Waals surface area contributed by atoms with Crippen LogP contribution in [0.3, 0.4) is 0 Å². The van der Waals surface area contributed by atoms with Crippen LogP contribution in [0.15, 0.2) is 60.7 Å². The molecule has 0 atom stereocenters. The van der Waals surface area contributed by atoms with Gasteiger partial charge in [0, 0.05) is 11.8 Å². The van der Waals surface area contributed by atoms with Gasteiger partial charge in [-0.25, -0.2) is 14.8 Å². The van der Waals surface area contributed by atoms with Crippen LogP contribution in [0.25, 0.3) is 0 Å². The quantitative estimate of drug-likeness (QED) is 0.685. The fourth-order valence-corrected chi connectivity index (χ4v) is 2.38. The third-order valence-corrected chi connectivity index (χ3v) is 3.48. The highest BCUT2D eigenvalue weighted by Crippen LogP contribution is 2.23. The minimum absolute atomic E-state index is 0.406. The van der Waals surface area contributed by atoms with Crippen molar-refractivity contribution in [2.24, 2.45) is 0 Å². The lowest BCUT2D eigenvalue weighted by atomic mass is 10.2. The molecule has 0 spiro atoms. The molecule has 2 aromatic carbocycles. The van der Waals surface area contributed by atoms with Crippen LogP contribution in [-0.4, -0.2) is 23.0 Å². The normalized spacial score (nSPS) is 10.2. The molecule has 3 aromatic rings. The molecule has 0 fully saturated rings. The summed E-state index contributed by atoms with van der Waals surface area (Å²) in [5.41, 5.74) is 2.00. The molecule has 6 heteroatoms. The lowest BCUT2D eigenvalue weighted by Crippen LogP contribution is -2.07. The molecule has 0 aliphatic rings. The van der Waals surface area contributed by atoms with Gasteiger partial charge in [-0.15, -0.1) is 0 Å². The molecule has 0 radical (unpaired) electrons. The third-order valence-electron chi connectivity index (χ3n) is 3.48. The molecule has 0 unspecified atom stereocenters. The zero-order chi connectivity index (χ0) is 17.6. The summed E-state index contributed by atoms with van der Waals surface area (Å²) in [4.78, 5) is 20.7. The van der Waals surface area contributed by atoms with Crippen molar-refractivity contribution in [1.29, 1.82) is 0 Å². The van der Waals surface area contributed by atoms with E-state index in [0.717, 1.165) is 5.69 Å². The van der Waals surface area contributed by atoms with Gasteiger partial charge >= 0.3 is 5.97 Å². The molecule has 0 saturated heterocycles. The Balaban J connectivity index is 1.88. The van der Waals surface area contributed by atoms with Crippen molar-refractivity contribution < 1.29 is 9.53 Å². The van der Waals surface area contributed by atoms with Gasteiger partial charge in [0.15, 0.2) is 0 Å². The van der Waals surface area contributed by atoms with Crippen LogP contribution < -0.4 is 10.6 Å². The van der Waals surface area contributed by atoms with E-state index in [0.29, 0.717) is 28.7 Å². The minimum atomic E-state index is -0.406. The molecule has 0 amide bonds. The molecule has 0 bridgehead atoms. The summed E-state index contributed by atoms with van der Waals surface area (Å²) in [5.74, 6) is 1.45. The minimum Gasteiger partial charge on any atom is -0.465 e. The standard InChI is InChI=1S/C19H18N4O2/c1-13-20-17(22-14-8-4-3-5-9-14)12-18(21-13)23-16-11-7-6-10-15(16)19(24)25-2/h3-12H,1-2H3,(H2,20,21,22,23). The van der Waals surface area contributed by atoms with Gasteiger partial charge in [0.2, 0.25) is 0 Å². The van der Waals surface area contributed by atoms with Crippen molar-refractivity contribution in [3.8, 4) is 0 Å². The van der Waals surface area contributed by atoms with Crippen LogP contribution in [-0.2, 0) is 4.74 Å². The van der Waals surface area contributed by atoms with E-state index in [1.165, 1.54) is 7.11 Å². The molecular formula is C19H18N4O2. The second kappa shape index (κ2) is 7.44. The largest absolute Gasteiger partial charge is 0.465 e. The van der Waals surface area contributed by atoms with Crippen LogP contribution in [0.2, 0.25) is 0 Å². The van der Waals surface area contributed by atoms with Gasteiger partial charge in [-0.05, 0) is 31.2 Å². The van der Waals surface area contributed by atoms with E-state index in [9.17, 15) is 4.79 Å². The van der Waals surface area contributed by atoms with E-state index in [1.54, 1.807) is 24.3 Å². The Morgan fingerprint density at radius 1 is 0.920 bits per heavy atom. The number of anilines is 4. The van der Waals surface area contributed by atoms with Crippen LogP contribution >= 0.6 is 0 Å². The van der Waals surface area contributed by atoms with Crippen molar-refractivity contribution in [2.45, 2.75) is 6.92 Å². The molecule has 126 valence electrons. The van der Waals surface area contributed by atoms with E-state index in [2.05, 4.69) is 20.6 Å². The predicted molar refractivity (Wildman–Crippen MR) is 97.6 cm³/mol. The number of benzene rings is 2. The average molecular weight is 334 g/mol. The number of carbonyl (C=O) groups excluding carboxylic acids is 1. The Kier molecular flexibility index (Phi) is 4.89. The molecule has 2 N–H and O–H groups in total. The number of esters is 1. The maximum atomic E-state index is 11.9.